The number of nitrogens with zero attached hydrogens (tertiary/aromatic N) is 1. The Morgan fingerprint density at radius 3 is 2.79 bits per heavy atom. The molecule has 0 aromatic heterocycles. The van der Waals surface area contributed by atoms with Crippen molar-refractivity contribution in [2.75, 3.05) is 31.3 Å². The fourth-order valence-electron chi connectivity index (χ4n) is 3.57. The second kappa shape index (κ2) is 6.72. The Hall–Kier alpha value is -1.60. The van der Waals surface area contributed by atoms with E-state index in [2.05, 4.69) is 5.32 Å². The van der Waals surface area contributed by atoms with E-state index in [9.17, 15) is 13.2 Å². The molecule has 24 heavy (non-hydrogen) atoms. The van der Waals surface area contributed by atoms with E-state index in [4.69, 9.17) is 4.74 Å². The quantitative estimate of drug-likeness (QED) is 0.839. The number of sulfonamides is 1. The van der Waals surface area contributed by atoms with Gasteiger partial charge in [0, 0.05) is 19.5 Å². The molecule has 2 heterocycles. The van der Waals surface area contributed by atoms with Gasteiger partial charge in [0.2, 0.25) is 15.9 Å². The van der Waals surface area contributed by atoms with Crippen LogP contribution in [0.4, 0.5) is 5.69 Å². The maximum atomic E-state index is 12.4. The third-order valence-corrected chi connectivity index (χ3v) is 6.20. The molecular formula is C17H24N2O4S. The predicted molar refractivity (Wildman–Crippen MR) is 92.6 cm³/mol. The minimum atomic E-state index is -3.19. The van der Waals surface area contributed by atoms with Crippen molar-refractivity contribution in [3.05, 3.63) is 23.8 Å². The number of benzene rings is 1. The number of aryl methyl sites for hydroxylation is 1. The van der Waals surface area contributed by atoms with Gasteiger partial charge in [-0.25, -0.2) is 12.7 Å². The van der Waals surface area contributed by atoms with Gasteiger partial charge in [-0.3, -0.25) is 4.79 Å². The molecule has 0 bridgehead atoms. The maximum Gasteiger partial charge on any atom is 0.224 e. The van der Waals surface area contributed by atoms with E-state index in [0.29, 0.717) is 44.0 Å². The summed E-state index contributed by atoms with van der Waals surface area (Å²) in [6.07, 6.45) is 3.13. The molecule has 2 aliphatic rings. The number of hydrogen-bond donors (Lipinski definition) is 1. The molecule has 0 saturated carbocycles. The molecule has 1 aromatic carbocycles. The summed E-state index contributed by atoms with van der Waals surface area (Å²) in [5.41, 5.74) is 1.78. The number of fused-ring (bicyclic) bond motifs is 2. The number of hydrogen-bond acceptors (Lipinski definition) is 4. The lowest BCUT2D eigenvalue weighted by Crippen LogP contribution is -2.44. The van der Waals surface area contributed by atoms with Crippen LogP contribution in [0, 0.1) is 18.8 Å². The zero-order chi connectivity index (χ0) is 17.3. The van der Waals surface area contributed by atoms with Gasteiger partial charge in [0.05, 0.1) is 18.6 Å². The molecule has 0 spiro atoms. The number of carbonyl (C=O) groups is 1. The van der Waals surface area contributed by atoms with Gasteiger partial charge in [0.1, 0.15) is 5.75 Å². The van der Waals surface area contributed by atoms with Gasteiger partial charge in [-0.15, -0.1) is 0 Å². The van der Waals surface area contributed by atoms with E-state index in [1.165, 1.54) is 10.6 Å². The molecule has 132 valence electrons. The van der Waals surface area contributed by atoms with Crippen molar-refractivity contribution in [2.24, 2.45) is 11.8 Å². The van der Waals surface area contributed by atoms with Crippen molar-refractivity contribution in [2.45, 2.75) is 26.2 Å². The number of amides is 1. The average Bonchev–Trinajstić information content (AvgIpc) is 2.49. The Morgan fingerprint density at radius 1 is 1.25 bits per heavy atom. The first-order valence-electron chi connectivity index (χ1n) is 8.31. The summed E-state index contributed by atoms with van der Waals surface area (Å²) in [6, 6.07) is 5.73. The second-order valence-electron chi connectivity index (χ2n) is 6.82. The molecule has 1 N–H and O–H groups in total. The van der Waals surface area contributed by atoms with Crippen molar-refractivity contribution in [3.8, 4) is 5.75 Å². The first-order valence-corrected chi connectivity index (χ1v) is 10.2. The average molecular weight is 352 g/mol. The maximum absolute atomic E-state index is 12.4. The van der Waals surface area contributed by atoms with E-state index in [0.717, 1.165) is 12.0 Å². The first kappa shape index (κ1) is 17.2. The number of nitrogens with one attached hydrogen (secondary N) is 1. The minimum Gasteiger partial charge on any atom is -0.491 e. The predicted octanol–water partition coefficient (Wildman–Crippen LogP) is 2.00. The van der Waals surface area contributed by atoms with E-state index in [-0.39, 0.29) is 17.7 Å². The summed E-state index contributed by atoms with van der Waals surface area (Å²) < 4.78 is 31.0. The highest BCUT2D eigenvalue weighted by molar-refractivity contribution is 7.88. The van der Waals surface area contributed by atoms with E-state index in [1.54, 1.807) is 0 Å². The van der Waals surface area contributed by atoms with Crippen LogP contribution in [0.3, 0.4) is 0 Å². The number of rotatable bonds is 1. The van der Waals surface area contributed by atoms with Crippen LogP contribution in [0.25, 0.3) is 0 Å². The normalized spacial score (nSPS) is 25.8. The lowest BCUT2D eigenvalue weighted by Gasteiger charge is -2.37. The zero-order valence-electron chi connectivity index (χ0n) is 14.1. The molecule has 7 heteroatoms. The van der Waals surface area contributed by atoms with Gasteiger partial charge in [0.25, 0.3) is 0 Å². The Kier molecular flexibility index (Phi) is 4.83. The molecule has 0 radical (unpaired) electrons. The highest BCUT2D eigenvalue weighted by Gasteiger charge is 2.34. The smallest absolute Gasteiger partial charge is 0.224 e. The largest absolute Gasteiger partial charge is 0.491 e. The summed E-state index contributed by atoms with van der Waals surface area (Å²) >= 11 is 0. The molecule has 1 aromatic rings. The van der Waals surface area contributed by atoms with Crippen molar-refractivity contribution >= 4 is 21.6 Å². The Bertz CT molecular complexity index is 732. The Labute approximate surface area is 143 Å². The summed E-state index contributed by atoms with van der Waals surface area (Å²) in [5.74, 6) is 0.975. The monoisotopic (exact) mass is 352 g/mol. The second-order valence-corrected chi connectivity index (χ2v) is 8.80. The first-order chi connectivity index (χ1) is 11.3. The molecule has 3 rings (SSSR count). The number of ether oxygens (including phenoxy) is 1. The fraction of sp³-hybridized carbons (Fsp3) is 0.588. The molecular weight excluding hydrogens is 328 g/mol. The van der Waals surface area contributed by atoms with Gasteiger partial charge in [-0.2, -0.15) is 0 Å². The van der Waals surface area contributed by atoms with E-state index < -0.39 is 10.0 Å². The highest BCUT2D eigenvalue weighted by Crippen LogP contribution is 2.33. The number of piperidine rings is 1. The summed E-state index contributed by atoms with van der Waals surface area (Å²) in [6.45, 7) is 3.46. The molecule has 1 fully saturated rings. The molecule has 2 aliphatic heterocycles. The lowest BCUT2D eigenvalue weighted by molar-refractivity contribution is -0.117. The van der Waals surface area contributed by atoms with E-state index >= 15 is 0 Å². The van der Waals surface area contributed by atoms with Gasteiger partial charge >= 0.3 is 0 Å². The van der Waals surface area contributed by atoms with Crippen molar-refractivity contribution < 1.29 is 17.9 Å². The number of anilines is 1. The van der Waals surface area contributed by atoms with Crippen LogP contribution in [0.2, 0.25) is 0 Å². The van der Waals surface area contributed by atoms with E-state index in [1.807, 2.05) is 25.1 Å². The minimum absolute atomic E-state index is 0.0323. The third kappa shape index (κ3) is 3.89. The van der Waals surface area contributed by atoms with Crippen LogP contribution >= 0.6 is 0 Å². The van der Waals surface area contributed by atoms with Crippen LogP contribution in [0.1, 0.15) is 24.8 Å². The zero-order valence-corrected chi connectivity index (χ0v) is 14.9. The molecule has 1 amide bonds. The Balaban J connectivity index is 1.80. The van der Waals surface area contributed by atoms with Gasteiger partial charge in [0.15, 0.2) is 0 Å². The van der Waals surface area contributed by atoms with Crippen molar-refractivity contribution in [1.29, 1.82) is 0 Å². The summed E-state index contributed by atoms with van der Waals surface area (Å²) in [5, 5.41) is 2.95. The van der Waals surface area contributed by atoms with Crippen LogP contribution in [-0.2, 0) is 14.8 Å². The van der Waals surface area contributed by atoms with Crippen LogP contribution in [0.5, 0.6) is 5.75 Å². The van der Waals surface area contributed by atoms with Gasteiger partial charge in [-0.1, -0.05) is 6.07 Å². The standard InChI is InChI=1S/C17H24N2O4S/c1-12-3-4-16-15(9-12)18-17(20)10-13-5-7-19(24(2,21)22)11-14(13)6-8-23-16/h3-4,9,13-14H,5-8,10-11H2,1-2H3,(H,18,20)/t13-,14-/m0/s1. The molecule has 2 atom stereocenters. The third-order valence-electron chi connectivity index (χ3n) is 4.93. The summed E-state index contributed by atoms with van der Waals surface area (Å²) in [7, 11) is -3.19. The van der Waals surface area contributed by atoms with Crippen molar-refractivity contribution in [1.82, 2.24) is 4.31 Å². The fourth-order valence-corrected chi connectivity index (χ4v) is 4.47. The molecule has 0 aliphatic carbocycles. The molecule has 0 unspecified atom stereocenters. The summed E-state index contributed by atoms with van der Waals surface area (Å²) in [4.78, 5) is 12.4. The van der Waals surface area contributed by atoms with Crippen LogP contribution < -0.4 is 10.1 Å². The highest BCUT2D eigenvalue weighted by atomic mass is 32.2. The molecule has 6 nitrogen and oxygen atoms in total. The lowest BCUT2D eigenvalue weighted by atomic mass is 9.82. The van der Waals surface area contributed by atoms with Gasteiger partial charge in [-0.05, 0) is 49.3 Å². The topological polar surface area (TPSA) is 75.7 Å². The van der Waals surface area contributed by atoms with Crippen molar-refractivity contribution in [3.63, 3.8) is 0 Å². The van der Waals surface area contributed by atoms with Crippen LogP contribution in [0.15, 0.2) is 18.2 Å². The SMILES string of the molecule is Cc1ccc2c(c1)NC(=O)C[C@@H]1CCN(S(C)(=O)=O)C[C@@H]1CCO2. The van der Waals surface area contributed by atoms with Gasteiger partial charge < -0.3 is 10.1 Å². The Morgan fingerprint density at radius 2 is 2.04 bits per heavy atom. The van der Waals surface area contributed by atoms with Crippen LogP contribution in [-0.4, -0.2) is 44.6 Å². The number of carbonyl (C=O) groups excluding carboxylic acids is 1. The molecule has 1 saturated heterocycles.